The summed E-state index contributed by atoms with van der Waals surface area (Å²) in [6.45, 7) is 2.20. The number of rotatable bonds is 8. The van der Waals surface area contributed by atoms with Gasteiger partial charge in [-0.15, -0.1) is 0 Å². The van der Waals surface area contributed by atoms with Gasteiger partial charge in [0.05, 0.1) is 6.04 Å². The molecule has 1 aromatic carbocycles. The first-order valence-electron chi connectivity index (χ1n) is 9.04. The maximum absolute atomic E-state index is 5.81. The molecule has 136 valence electrons. The summed E-state index contributed by atoms with van der Waals surface area (Å²) in [5.74, 6) is 1.75. The normalized spacial score (nSPS) is 12.2. The van der Waals surface area contributed by atoms with E-state index in [0.717, 1.165) is 24.2 Å². The van der Waals surface area contributed by atoms with Crippen LogP contribution in [0.25, 0.3) is 11.4 Å². The Balaban J connectivity index is 1.97. The van der Waals surface area contributed by atoms with E-state index in [9.17, 15) is 0 Å². The Morgan fingerprint density at radius 1 is 0.962 bits per heavy atom. The van der Waals surface area contributed by atoms with Crippen molar-refractivity contribution in [2.24, 2.45) is 0 Å². The molecule has 7 nitrogen and oxygen atoms in total. The summed E-state index contributed by atoms with van der Waals surface area (Å²) in [5.41, 5.74) is 12.7. The second-order valence-electron chi connectivity index (χ2n) is 6.30. The van der Waals surface area contributed by atoms with Crippen molar-refractivity contribution in [2.75, 3.05) is 11.5 Å². The van der Waals surface area contributed by atoms with Gasteiger partial charge in [0.25, 0.3) is 0 Å². The van der Waals surface area contributed by atoms with E-state index in [0.29, 0.717) is 5.82 Å². The van der Waals surface area contributed by atoms with Crippen LogP contribution in [0, 0.1) is 0 Å². The van der Waals surface area contributed by atoms with Crippen molar-refractivity contribution in [2.45, 2.75) is 45.1 Å². The highest BCUT2D eigenvalue weighted by molar-refractivity contribution is 5.55. The van der Waals surface area contributed by atoms with E-state index in [1.165, 1.54) is 19.3 Å². The van der Waals surface area contributed by atoms with Crippen molar-refractivity contribution in [3.63, 3.8) is 0 Å². The lowest BCUT2D eigenvalue weighted by Gasteiger charge is -2.20. The molecule has 0 bridgehead atoms. The number of hydrogen-bond donors (Lipinski definition) is 2. The molecule has 26 heavy (non-hydrogen) atoms. The van der Waals surface area contributed by atoms with E-state index in [4.69, 9.17) is 11.5 Å². The second-order valence-corrected chi connectivity index (χ2v) is 6.30. The van der Waals surface area contributed by atoms with Gasteiger partial charge in [0, 0.05) is 18.0 Å². The minimum atomic E-state index is -0.0860. The van der Waals surface area contributed by atoms with Crippen molar-refractivity contribution in [1.29, 1.82) is 0 Å². The average Bonchev–Trinajstić information content (AvgIpc) is 3.11. The van der Waals surface area contributed by atoms with Crippen molar-refractivity contribution in [3.8, 4) is 11.4 Å². The summed E-state index contributed by atoms with van der Waals surface area (Å²) < 4.78 is 2.11. The lowest BCUT2D eigenvalue weighted by Crippen LogP contribution is -2.17. The highest BCUT2D eigenvalue weighted by Gasteiger charge is 2.21. The fourth-order valence-electron chi connectivity index (χ4n) is 3.11. The minimum absolute atomic E-state index is 0.0860. The van der Waals surface area contributed by atoms with Crippen LogP contribution < -0.4 is 11.5 Å². The van der Waals surface area contributed by atoms with Gasteiger partial charge < -0.3 is 16.0 Å². The first-order valence-corrected chi connectivity index (χ1v) is 9.04. The van der Waals surface area contributed by atoms with E-state index in [1.807, 2.05) is 36.5 Å². The number of nitrogens with two attached hydrogens (primary N) is 2. The van der Waals surface area contributed by atoms with E-state index >= 15 is 0 Å². The standard InChI is InChI=1S/C19H25N7/c1-2-3-4-8-11-15(16-23-18(20)25-19(21)24-16)26-13-12-22-17(26)14-9-6-5-7-10-14/h5-7,9-10,12-13,15H,2-4,8,11H2,1H3,(H4,20,21,23,24,25). The Kier molecular flexibility index (Phi) is 5.78. The molecule has 3 aromatic rings. The molecule has 0 aliphatic heterocycles. The fraction of sp³-hybridized carbons (Fsp3) is 0.368. The molecule has 2 aromatic heterocycles. The number of aromatic nitrogens is 5. The predicted molar refractivity (Wildman–Crippen MR) is 103 cm³/mol. The van der Waals surface area contributed by atoms with Gasteiger partial charge in [-0.1, -0.05) is 62.9 Å². The van der Waals surface area contributed by atoms with Crippen LogP contribution in [0.15, 0.2) is 42.7 Å². The van der Waals surface area contributed by atoms with E-state index in [2.05, 4.69) is 31.4 Å². The molecule has 2 heterocycles. The molecular weight excluding hydrogens is 326 g/mol. The molecule has 0 spiro atoms. The van der Waals surface area contributed by atoms with Crippen LogP contribution in [0.4, 0.5) is 11.9 Å². The molecule has 0 fully saturated rings. The minimum Gasteiger partial charge on any atom is -0.368 e. The number of imidazole rings is 1. The molecule has 3 rings (SSSR count). The fourth-order valence-corrected chi connectivity index (χ4v) is 3.11. The van der Waals surface area contributed by atoms with Crippen LogP contribution in [0.2, 0.25) is 0 Å². The van der Waals surface area contributed by atoms with Crippen LogP contribution in [-0.4, -0.2) is 24.5 Å². The molecule has 7 heteroatoms. The smallest absolute Gasteiger partial charge is 0.225 e. The van der Waals surface area contributed by atoms with Crippen LogP contribution in [-0.2, 0) is 0 Å². The highest BCUT2D eigenvalue weighted by atomic mass is 15.2. The summed E-state index contributed by atoms with van der Waals surface area (Å²) in [5, 5.41) is 0. The van der Waals surface area contributed by atoms with E-state index in [-0.39, 0.29) is 17.9 Å². The maximum Gasteiger partial charge on any atom is 0.225 e. The van der Waals surface area contributed by atoms with Crippen molar-refractivity contribution in [3.05, 3.63) is 48.5 Å². The highest BCUT2D eigenvalue weighted by Crippen LogP contribution is 2.28. The largest absolute Gasteiger partial charge is 0.368 e. The molecule has 0 aliphatic rings. The summed E-state index contributed by atoms with van der Waals surface area (Å²) in [7, 11) is 0. The monoisotopic (exact) mass is 351 g/mol. The summed E-state index contributed by atoms with van der Waals surface area (Å²) >= 11 is 0. The summed E-state index contributed by atoms with van der Waals surface area (Å²) in [6.07, 6.45) is 9.28. The number of unbranched alkanes of at least 4 members (excludes halogenated alkanes) is 3. The quantitative estimate of drug-likeness (QED) is 0.602. The first-order chi connectivity index (χ1) is 12.7. The molecule has 0 aliphatic carbocycles. The van der Waals surface area contributed by atoms with E-state index < -0.39 is 0 Å². The van der Waals surface area contributed by atoms with Gasteiger partial charge in [0.15, 0.2) is 5.82 Å². The number of nitrogens with zero attached hydrogens (tertiary/aromatic N) is 5. The molecule has 0 saturated heterocycles. The summed E-state index contributed by atoms with van der Waals surface area (Å²) in [4.78, 5) is 17.2. The van der Waals surface area contributed by atoms with Crippen LogP contribution >= 0.6 is 0 Å². The summed E-state index contributed by atoms with van der Waals surface area (Å²) in [6, 6.07) is 10.0. The van der Waals surface area contributed by atoms with Gasteiger partial charge in [0.2, 0.25) is 11.9 Å². The Labute approximate surface area is 153 Å². The Hall–Kier alpha value is -2.96. The van der Waals surface area contributed by atoms with E-state index in [1.54, 1.807) is 6.20 Å². The van der Waals surface area contributed by atoms with Gasteiger partial charge in [0.1, 0.15) is 5.82 Å². The molecule has 0 amide bonds. The lowest BCUT2D eigenvalue weighted by molar-refractivity contribution is 0.481. The Morgan fingerprint density at radius 3 is 2.38 bits per heavy atom. The van der Waals surface area contributed by atoms with Crippen LogP contribution in [0.1, 0.15) is 50.9 Å². The molecular formula is C19H25N7. The third-order valence-corrected chi connectivity index (χ3v) is 4.35. The Bertz CT molecular complexity index is 809. The molecule has 4 N–H and O–H groups in total. The zero-order valence-electron chi connectivity index (χ0n) is 15.0. The van der Waals surface area contributed by atoms with Crippen LogP contribution in [0.5, 0.6) is 0 Å². The molecule has 1 atom stereocenters. The molecule has 0 radical (unpaired) electrons. The SMILES string of the molecule is CCCCCCC(c1nc(N)nc(N)n1)n1ccnc1-c1ccccc1. The zero-order chi connectivity index (χ0) is 18.4. The number of anilines is 2. The van der Waals surface area contributed by atoms with Crippen molar-refractivity contribution < 1.29 is 0 Å². The maximum atomic E-state index is 5.81. The third kappa shape index (κ3) is 4.17. The van der Waals surface area contributed by atoms with Gasteiger partial charge >= 0.3 is 0 Å². The number of benzene rings is 1. The van der Waals surface area contributed by atoms with Gasteiger partial charge in [-0.25, -0.2) is 4.98 Å². The van der Waals surface area contributed by atoms with Gasteiger partial charge in [-0.2, -0.15) is 15.0 Å². The Morgan fingerprint density at radius 2 is 1.69 bits per heavy atom. The topological polar surface area (TPSA) is 109 Å². The van der Waals surface area contributed by atoms with Gasteiger partial charge in [-0.3, -0.25) is 0 Å². The first kappa shape index (κ1) is 17.8. The zero-order valence-corrected chi connectivity index (χ0v) is 15.0. The van der Waals surface area contributed by atoms with Crippen molar-refractivity contribution in [1.82, 2.24) is 24.5 Å². The number of hydrogen-bond acceptors (Lipinski definition) is 6. The van der Waals surface area contributed by atoms with Gasteiger partial charge in [-0.05, 0) is 6.42 Å². The molecule has 1 unspecified atom stereocenters. The van der Waals surface area contributed by atoms with Crippen molar-refractivity contribution >= 4 is 11.9 Å². The second kappa shape index (κ2) is 8.42. The predicted octanol–water partition coefficient (Wildman–Crippen LogP) is 3.46. The average molecular weight is 351 g/mol. The van der Waals surface area contributed by atoms with Crippen LogP contribution in [0.3, 0.4) is 0 Å². The number of nitrogen functional groups attached to an aromatic ring is 2. The lowest BCUT2D eigenvalue weighted by atomic mass is 10.1. The molecule has 0 saturated carbocycles. The third-order valence-electron chi connectivity index (χ3n) is 4.35.